The summed E-state index contributed by atoms with van der Waals surface area (Å²) < 4.78 is 6.78. The number of nitrogen functional groups attached to an aromatic ring is 1. The van der Waals surface area contributed by atoms with E-state index in [1.165, 1.54) is 7.11 Å². The summed E-state index contributed by atoms with van der Waals surface area (Å²) in [7, 11) is 3.40. The highest BCUT2D eigenvalue weighted by molar-refractivity contribution is 5.95. The van der Waals surface area contributed by atoms with Gasteiger partial charge >= 0.3 is 5.97 Å². The molecule has 1 aromatic carbocycles. The quantitative estimate of drug-likeness (QED) is 0.383. The molecule has 1 saturated heterocycles. The van der Waals surface area contributed by atoms with Gasteiger partial charge in [-0.05, 0) is 30.9 Å². The van der Waals surface area contributed by atoms with E-state index in [0.29, 0.717) is 17.9 Å². The van der Waals surface area contributed by atoms with Crippen LogP contribution in [0.5, 0.6) is 0 Å². The van der Waals surface area contributed by atoms with Crippen LogP contribution in [-0.4, -0.2) is 46.5 Å². The molecule has 1 aliphatic heterocycles. The molecule has 0 aliphatic carbocycles. The summed E-state index contributed by atoms with van der Waals surface area (Å²) >= 11 is 0. The molecular formula is C22H26N6O2. The fourth-order valence-electron chi connectivity index (χ4n) is 3.97. The summed E-state index contributed by atoms with van der Waals surface area (Å²) in [5.74, 6) is 2.04. The van der Waals surface area contributed by atoms with Gasteiger partial charge in [0.05, 0.1) is 7.11 Å². The molecule has 0 unspecified atom stereocenters. The molecule has 4 rings (SSSR count). The topological polar surface area (TPSA) is 110 Å². The molecule has 8 heteroatoms. The van der Waals surface area contributed by atoms with Crippen molar-refractivity contribution < 1.29 is 9.53 Å². The number of carbonyl (C=O) groups is 1. The van der Waals surface area contributed by atoms with Crippen molar-refractivity contribution in [1.29, 1.82) is 5.41 Å². The number of benzene rings is 1. The zero-order valence-electron chi connectivity index (χ0n) is 17.3. The minimum Gasteiger partial charge on any atom is -0.469 e. The lowest BCUT2D eigenvalue weighted by Gasteiger charge is -2.32. The highest BCUT2D eigenvalue weighted by Crippen LogP contribution is 2.28. The zero-order valence-corrected chi connectivity index (χ0v) is 17.3. The third-order valence-corrected chi connectivity index (χ3v) is 5.78. The first kappa shape index (κ1) is 19.9. The number of pyridine rings is 1. The average molecular weight is 406 g/mol. The van der Waals surface area contributed by atoms with E-state index >= 15 is 0 Å². The van der Waals surface area contributed by atoms with Crippen LogP contribution < -0.4 is 10.6 Å². The van der Waals surface area contributed by atoms with Crippen LogP contribution in [0.3, 0.4) is 0 Å². The number of nitrogens with two attached hydrogens (primary N) is 1. The first-order valence-electron chi connectivity index (χ1n) is 10.1. The van der Waals surface area contributed by atoms with Gasteiger partial charge in [-0.3, -0.25) is 10.2 Å². The van der Waals surface area contributed by atoms with E-state index in [2.05, 4.69) is 4.90 Å². The maximum absolute atomic E-state index is 11.5. The minimum absolute atomic E-state index is 0.0493. The fourth-order valence-corrected chi connectivity index (χ4v) is 3.97. The van der Waals surface area contributed by atoms with Gasteiger partial charge in [-0.25, -0.2) is 9.97 Å². The zero-order chi connectivity index (χ0) is 21.3. The first-order chi connectivity index (χ1) is 14.5. The van der Waals surface area contributed by atoms with E-state index in [9.17, 15) is 4.79 Å². The Morgan fingerprint density at radius 2 is 1.87 bits per heavy atom. The van der Waals surface area contributed by atoms with Crippen molar-refractivity contribution in [1.82, 2.24) is 14.5 Å². The number of hydrogen-bond acceptors (Lipinski definition) is 6. The molecule has 0 radical (unpaired) electrons. The van der Waals surface area contributed by atoms with Gasteiger partial charge in [0.25, 0.3) is 0 Å². The maximum Gasteiger partial charge on any atom is 0.305 e. The van der Waals surface area contributed by atoms with E-state index < -0.39 is 0 Å². The fraction of sp³-hybridized carbons (Fsp3) is 0.364. The van der Waals surface area contributed by atoms with Crippen molar-refractivity contribution in [2.24, 2.45) is 18.7 Å². The summed E-state index contributed by atoms with van der Waals surface area (Å²) in [6.07, 6.45) is 2.40. The molecule has 30 heavy (non-hydrogen) atoms. The van der Waals surface area contributed by atoms with Gasteiger partial charge in [0, 0.05) is 37.7 Å². The molecule has 0 amide bonds. The number of imidazole rings is 1. The Morgan fingerprint density at radius 1 is 1.17 bits per heavy atom. The summed E-state index contributed by atoms with van der Waals surface area (Å²) in [5, 5.41) is 7.54. The van der Waals surface area contributed by atoms with Crippen molar-refractivity contribution in [3.05, 3.63) is 42.0 Å². The van der Waals surface area contributed by atoms with Crippen molar-refractivity contribution in [3.63, 3.8) is 0 Å². The Balaban J connectivity index is 1.54. The number of rotatable bonds is 5. The van der Waals surface area contributed by atoms with Crippen LogP contribution in [0.2, 0.25) is 0 Å². The van der Waals surface area contributed by atoms with Crippen molar-refractivity contribution in [2.75, 3.05) is 25.1 Å². The van der Waals surface area contributed by atoms with Crippen LogP contribution in [0, 0.1) is 11.3 Å². The molecular weight excluding hydrogens is 380 g/mol. The number of aryl methyl sites for hydroxylation is 1. The number of fused-ring (bicyclic) bond motifs is 1. The SMILES string of the molecule is COC(=O)CC1CCN(c2ccc3nc(-c4ccc(C(=N)N)cc4)n(C)c3n2)CC1. The lowest BCUT2D eigenvalue weighted by Crippen LogP contribution is -2.35. The molecule has 0 bridgehead atoms. The van der Waals surface area contributed by atoms with Crippen LogP contribution in [-0.2, 0) is 16.6 Å². The van der Waals surface area contributed by atoms with Gasteiger partial charge in [-0.2, -0.15) is 0 Å². The molecule has 3 aromatic rings. The first-order valence-corrected chi connectivity index (χ1v) is 10.1. The highest BCUT2D eigenvalue weighted by atomic mass is 16.5. The van der Waals surface area contributed by atoms with Crippen molar-refractivity contribution >= 4 is 28.8 Å². The Bertz CT molecular complexity index is 1080. The van der Waals surface area contributed by atoms with E-state index in [1.54, 1.807) is 0 Å². The highest BCUT2D eigenvalue weighted by Gasteiger charge is 2.23. The lowest BCUT2D eigenvalue weighted by atomic mass is 9.93. The number of nitrogens with zero attached hydrogens (tertiary/aromatic N) is 4. The van der Waals surface area contributed by atoms with E-state index in [1.807, 2.05) is 48.0 Å². The van der Waals surface area contributed by atoms with E-state index in [-0.39, 0.29) is 11.8 Å². The predicted octanol–water partition coefficient (Wildman–Crippen LogP) is 2.70. The molecule has 0 atom stereocenters. The smallest absolute Gasteiger partial charge is 0.305 e. The number of piperidine rings is 1. The number of aromatic nitrogens is 3. The number of nitrogens with one attached hydrogen (secondary N) is 1. The summed E-state index contributed by atoms with van der Waals surface area (Å²) in [6, 6.07) is 11.5. The number of hydrogen-bond donors (Lipinski definition) is 2. The third-order valence-electron chi connectivity index (χ3n) is 5.78. The van der Waals surface area contributed by atoms with Crippen LogP contribution in [0.4, 0.5) is 5.82 Å². The van der Waals surface area contributed by atoms with Crippen LogP contribution in [0.15, 0.2) is 36.4 Å². The lowest BCUT2D eigenvalue weighted by molar-refractivity contribution is -0.141. The Morgan fingerprint density at radius 3 is 2.50 bits per heavy atom. The summed E-state index contributed by atoms with van der Waals surface area (Å²) in [5.41, 5.74) is 8.85. The maximum atomic E-state index is 11.5. The van der Waals surface area contributed by atoms with Gasteiger partial charge in [0.1, 0.15) is 23.0 Å². The number of ether oxygens (including phenoxy) is 1. The molecule has 2 aromatic heterocycles. The Kier molecular flexibility index (Phi) is 5.39. The van der Waals surface area contributed by atoms with Gasteiger partial charge in [-0.15, -0.1) is 0 Å². The summed E-state index contributed by atoms with van der Waals surface area (Å²) in [6.45, 7) is 1.74. The number of amidine groups is 1. The van der Waals surface area contributed by atoms with Gasteiger partial charge in [0.15, 0.2) is 5.65 Å². The molecule has 1 fully saturated rings. The normalized spacial score (nSPS) is 14.8. The monoisotopic (exact) mass is 406 g/mol. The standard InChI is InChI=1S/C22H26N6O2/c1-27-21(16-5-3-15(4-6-16)20(23)24)25-17-7-8-18(26-22(17)27)28-11-9-14(10-12-28)13-19(29)30-2/h3-8,14H,9-13H2,1-2H3,(H3,23,24). The Labute approximate surface area is 175 Å². The second-order valence-corrected chi connectivity index (χ2v) is 7.71. The molecule has 8 nitrogen and oxygen atoms in total. The second-order valence-electron chi connectivity index (χ2n) is 7.71. The van der Waals surface area contributed by atoms with E-state index in [0.717, 1.165) is 54.3 Å². The van der Waals surface area contributed by atoms with Crippen LogP contribution in [0.1, 0.15) is 24.8 Å². The number of carbonyl (C=O) groups excluding carboxylic acids is 1. The van der Waals surface area contributed by atoms with Crippen LogP contribution >= 0.6 is 0 Å². The largest absolute Gasteiger partial charge is 0.469 e. The molecule has 1 aliphatic rings. The third kappa shape index (κ3) is 3.85. The Hall–Kier alpha value is -3.42. The van der Waals surface area contributed by atoms with Gasteiger partial charge in [0.2, 0.25) is 0 Å². The molecule has 156 valence electrons. The average Bonchev–Trinajstić information content (AvgIpc) is 3.10. The van der Waals surface area contributed by atoms with E-state index in [4.69, 9.17) is 25.8 Å². The van der Waals surface area contributed by atoms with Crippen molar-refractivity contribution in [3.8, 4) is 11.4 Å². The molecule has 0 saturated carbocycles. The molecule has 0 spiro atoms. The van der Waals surface area contributed by atoms with Gasteiger partial charge < -0.3 is 19.9 Å². The number of esters is 1. The summed E-state index contributed by atoms with van der Waals surface area (Å²) in [4.78, 5) is 23.4. The second kappa shape index (κ2) is 8.14. The van der Waals surface area contributed by atoms with Crippen LogP contribution in [0.25, 0.3) is 22.6 Å². The number of anilines is 1. The van der Waals surface area contributed by atoms with Crippen molar-refractivity contribution in [2.45, 2.75) is 19.3 Å². The minimum atomic E-state index is -0.133. The molecule has 3 heterocycles. The predicted molar refractivity (Wildman–Crippen MR) is 117 cm³/mol. The van der Waals surface area contributed by atoms with Gasteiger partial charge in [-0.1, -0.05) is 24.3 Å². The number of methoxy groups -OCH3 is 1. The molecule has 3 N–H and O–H groups in total.